The molecule has 0 aromatic heterocycles. The smallest absolute Gasteiger partial charge is 0.00159 e. The van der Waals surface area contributed by atoms with Crippen molar-refractivity contribution in [1.82, 2.24) is 4.90 Å². The summed E-state index contributed by atoms with van der Waals surface area (Å²) in [5.41, 5.74) is 3.05. The van der Waals surface area contributed by atoms with Gasteiger partial charge in [-0.1, -0.05) is 37.1 Å². The van der Waals surface area contributed by atoms with Crippen LogP contribution >= 0.6 is 9.24 Å². The van der Waals surface area contributed by atoms with Crippen molar-refractivity contribution in [3.63, 3.8) is 0 Å². The monoisotopic (exact) mass is 267 g/mol. The fourth-order valence-corrected chi connectivity index (χ4v) is 2.75. The number of rotatable bonds is 5. The van der Waals surface area contributed by atoms with E-state index in [-0.39, 0.29) is 0 Å². The SMILES string of the molecule is C/C(=C\C=C(/C)C1CCN(CCP)CC1)C(C)C. The first-order valence-corrected chi connectivity index (χ1v) is 8.13. The number of piperidine rings is 1. The van der Waals surface area contributed by atoms with Crippen LogP contribution < -0.4 is 0 Å². The Morgan fingerprint density at radius 3 is 2.33 bits per heavy atom. The lowest BCUT2D eigenvalue weighted by atomic mass is 9.89. The summed E-state index contributed by atoms with van der Waals surface area (Å²) in [4.78, 5) is 2.59. The summed E-state index contributed by atoms with van der Waals surface area (Å²) < 4.78 is 0. The predicted octanol–water partition coefficient (Wildman–Crippen LogP) is 4.12. The van der Waals surface area contributed by atoms with Gasteiger partial charge in [0.1, 0.15) is 0 Å². The summed E-state index contributed by atoms with van der Waals surface area (Å²) >= 11 is 0. The molecule has 1 aliphatic rings. The molecule has 1 heterocycles. The van der Waals surface area contributed by atoms with E-state index < -0.39 is 0 Å². The van der Waals surface area contributed by atoms with Gasteiger partial charge in [-0.25, -0.2) is 0 Å². The lowest BCUT2D eigenvalue weighted by Gasteiger charge is -2.32. The summed E-state index contributed by atoms with van der Waals surface area (Å²) in [7, 11) is 2.83. The molecule has 1 unspecified atom stereocenters. The molecule has 1 fully saturated rings. The normalized spacial score (nSPS) is 20.8. The first-order valence-electron chi connectivity index (χ1n) is 7.32. The standard InChI is InChI=1S/C16H30NP/c1-13(2)14(3)5-6-15(4)16-7-9-17(10-8-16)11-12-18/h5-6,13,16H,7-12,18H2,1-4H3/b14-5+,15-6+. The quantitative estimate of drug-likeness (QED) is 0.535. The van der Waals surface area contributed by atoms with Gasteiger partial charge < -0.3 is 4.90 Å². The van der Waals surface area contributed by atoms with Crippen LogP contribution in [0.25, 0.3) is 0 Å². The lowest BCUT2D eigenvalue weighted by Crippen LogP contribution is -2.35. The van der Waals surface area contributed by atoms with Gasteiger partial charge in [-0.15, -0.1) is 9.24 Å². The summed E-state index contributed by atoms with van der Waals surface area (Å²) in [6, 6.07) is 0. The second-order valence-electron chi connectivity index (χ2n) is 5.88. The van der Waals surface area contributed by atoms with Crippen LogP contribution in [-0.2, 0) is 0 Å². The van der Waals surface area contributed by atoms with Gasteiger partial charge in [-0.05, 0) is 57.8 Å². The fourth-order valence-electron chi connectivity index (χ4n) is 2.39. The maximum Gasteiger partial charge on any atom is 0.00159 e. The van der Waals surface area contributed by atoms with Gasteiger partial charge in [0.25, 0.3) is 0 Å². The Morgan fingerprint density at radius 1 is 1.22 bits per heavy atom. The van der Waals surface area contributed by atoms with Gasteiger partial charge in [-0.3, -0.25) is 0 Å². The highest BCUT2D eigenvalue weighted by Gasteiger charge is 2.19. The molecule has 1 rings (SSSR count). The second-order valence-corrected chi connectivity index (χ2v) is 6.46. The number of likely N-dealkylation sites (tertiary alicyclic amines) is 1. The molecule has 0 aromatic carbocycles. The molecular formula is C16H30NP. The topological polar surface area (TPSA) is 3.24 Å². The summed E-state index contributed by atoms with van der Waals surface area (Å²) in [6.45, 7) is 12.9. The van der Waals surface area contributed by atoms with Gasteiger partial charge in [0.2, 0.25) is 0 Å². The largest absolute Gasteiger partial charge is 0.303 e. The fraction of sp³-hybridized carbons (Fsp3) is 0.750. The molecule has 0 saturated carbocycles. The zero-order chi connectivity index (χ0) is 13.5. The van der Waals surface area contributed by atoms with Crippen LogP contribution in [0, 0.1) is 11.8 Å². The zero-order valence-corrected chi connectivity index (χ0v) is 13.7. The summed E-state index contributed by atoms with van der Waals surface area (Å²) in [6.07, 6.45) is 8.54. The van der Waals surface area contributed by atoms with Crippen LogP contribution in [-0.4, -0.2) is 30.7 Å². The Kier molecular flexibility index (Phi) is 7.19. The summed E-state index contributed by atoms with van der Waals surface area (Å²) in [5.74, 6) is 1.47. The Morgan fingerprint density at radius 2 is 1.83 bits per heavy atom. The van der Waals surface area contributed by atoms with E-state index in [2.05, 4.69) is 54.0 Å². The number of allylic oxidation sites excluding steroid dienone is 4. The highest BCUT2D eigenvalue weighted by Crippen LogP contribution is 2.24. The molecule has 0 amide bonds. The molecule has 1 atom stereocenters. The van der Waals surface area contributed by atoms with Crippen LogP contribution in [0.3, 0.4) is 0 Å². The van der Waals surface area contributed by atoms with Crippen molar-refractivity contribution in [2.45, 2.75) is 40.5 Å². The minimum atomic E-state index is 0.665. The third kappa shape index (κ3) is 5.24. The maximum atomic E-state index is 2.83. The molecule has 2 heteroatoms. The number of hydrogen-bond donors (Lipinski definition) is 0. The molecule has 1 saturated heterocycles. The van der Waals surface area contributed by atoms with E-state index in [1.807, 2.05) is 0 Å². The van der Waals surface area contributed by atoms with E-state index in [1.54, 1.807) is 5.57 Å². The lowest BCUT2D eigenvalue weighted by molar-refractivity contribution is 0.209. The molecule has 0 spiro atoms. The third-order valence-electron chi connectivity index (χ3n) is 4.20. The Balaban J connectivity index is 2.47. The van der Waals surface area contributed by atoms with Gasteiger partial charge in [0, 0.05) is 6.54 Å². The summed E-state index contributed by atoms with van der Waals surface area (Å²) in [5, 5.41) is 0. The van der Waals surface area contributed by atoms with Crippen LogP contribution in [0.2, 0.25) is 0 Å². The molecule has 104 valence electrons. The van der Waals surface area contributed by atoms with Crippen LogP contribution in [0.1, 0.15) is 40.5 Å². The van der Waals surface area contributed by atoms with E-state index in [0.717, 1.165) is 5.92 Å². The zero-order valence-electron chi connectivity index (χ0n) is 12.6. The second kappa shape index (κ2) is 8.12. The van der Waals surface area contributed by atoms with E-state index in [9.17, 15) is 0 Å². The average molecular weight is 267 g/mol. The minimum Gasteiger partial charge on any atom is -0.303 e. The van der Waals surface area contributed by atoms with E-state index in [0.29, 0.717) is 5.92 Å². The van der Waals surface area contributed by atoms with Gasteiger partial charge in [0.15, 0.2) is 0 Å². The van der Waals surface area contributed by atoms with Crippen LogP contribution in [0.5, 0.6) is 0 Å². The molecule has 1 nitrogen and oxygen atoms in total. The number of nitrogens with zero attached hydrogens (tertiary/aromatic N) is 1. The van der Waals surface area contributed by atoms with Crippen molar-refractivity contribution in [2.24, 2.45) is 11.8 Å². The van der Waals surface area contributed by atoms with Crippen molar-refractivity contribution >= 4 is 9.24 Å². The molecule has 0 N–H and O–H groups in total. The molecule has 0 aromatic rings. The third-order valence-corrected chi connectivity index (χ3v) is 4.45. The molecule has 18 heavy (non-hydrogen) atoms. The van der Waals surface area contributed by atoms with E-state index in [4.69, 9.17) is 0 Å². The van der Waals surface area contributed by atoms with Crippen molar-refractivity contribution in [1.29, 1.82) is 0 Å². The minimum absolute atomic E-state index is 0.665. The average Bonchev–Trinajstić information content (AvgIpc) is 2.36. The molecule has 0 radical (unpaired) electrons. The number of hydrogen-bond acceptors (Lipinski definition) is 1. The first kappa shape index (κ1) is 15.9. The highest BCUT2D eigenvalue weighted by molar-refractivity contribution is 7.16. The van der Waals surface area contributed by atoms with Gasteiger partial charge >= 0.3 is 0 Å². The van der Waals surface area contributed by atoms with E-state index >= 15 is 0 Å². The van der Waals surface area contributed by atoms with Crippen LogP contribution in [0.15, 0.2) is 23.3 Å². The first-order chi connectivity index (χ1) is 8.54. The predicted molar refractivity (Wildman–Crippen MR) is 86.1 cm³/mol. The Bertz CT molecular complexity index is 296. The Hall–Kier alpha value is -0.130. The molecule has 0 aliphatic carbocycles. The van der Waals surface area contributed by atoms with Crippen molar-refractivity contribution < 1.29 is 0 Å². The Labute approximate surface area is 116 Å². The van der Waals surface area contributed by atoms with Crippen molar-refractivity contribution in [2.75, 3.05) is 25.8 Å². The molecular weight excluding hydrogens is 237 g/mol. The van der Waals surface area contributed by atoms with Crippen LogP contribution in [0.4, 0.5) is 0 Å². The van der Waals surface area contributed by atoms with Crippen molar-refractivity contribution in [3.05, 3.63) is 23.3 Å². The maximum absolute atomic E-state index is 2.83. The van der Waals surface area contributed by atoms with Crippen molar-refractivity contribution in [3.8, 4) is 0 Å². The highest BCUT2D eigenvalue weighted by atomic mass is 31.0. The molecule has 1 aliphatic heterocycles. The molecule has 0 bridgehead atoms. The van der Waals surface area contributed by atoms with Gasteiger partial charge in [0.05, 0.1) is 0 Å². The van der Waals surface area contributed by atoms with E-state index in [1.165, 1.54) is 44.2 Å². The van der Waals surface area contributed by atoms with Gasteiger partial charge in [-0.2, -0.15) is 0 Å².